The molecule has 0 saturated carbocycles. The molecular weight excluding hydrogens is 280 g/mol. The van der Waals surface area contributed by atoms with E-state index in [-0.39, 0.29) is 12.0 Å². The Bertz CT molecular complexity index is 696. The number of hydrogen-bond acceptors (Lipinski definition) is 3. The second-order valence-corrected chi connectivity index (χ2v) is 5.09. The average molecular weight is 298 g/mol. The van der Waals surface area contributed by atoms with Crippen molar-refractivity contribution in [3.63, 3.8) is 0 Å². The van der Waals surface area contributed by atoms with E-state index in [4.69, 9.17) is 10.5 Å². The highest BCUT2D eigenvalue weighted by molar-refractivity contribution is 6.05. The highest BCUT2D eigenvalue weighted by Gasteiger charge is 2.09. The van der Waals surface area contributed by atoms with Gasteiger partial charge in [0.2, 0.25) is 5.91 Å². The number of nitrogens with one attached hydrogen (secondary N) is 1. The Labute approximate surface area is 129 Å². The van der Waals surface area contributed by atoms with Gasteiger partial charge in [-0.1, -0.05) is 12.1 Å². The first-order valence-electron chi connectivity index (χ1n) is 6.93. The van der Waals surface area contributed by atoms with Crippen molar-refractivity contribution in [3.8, 4) is 5.75 Å². The Balaban J connectivity index is 2.15. The highest BCUT2D eigenvalue weighted by atomic mass is 16.5. The van der Waals surface area contributed by atoms with Crippen molar-refractivity contribution < 1.29 is 14.3 Å². The molecule has 2 aromatic carbocycles. The average Bonchev–Trinajstić information content (AvgIpc) is 2.47. The van der Waals surface area contributed by atoms with Gasteiger partial charge in [-0.25, -0.2) is 0 Å². The fraction of sp³-hybridized carbons (Fsp3) is 0.176. The first-order valence-corrected chi connectivity index (χ1v) is 6.93. The van der Waals surface area contributed by atoms with Crippen molar-refractivity contribution in [2.45, 2.75) is 20.0 Å². The van der Waals surface area contributed by atoms with Crippen LogP contribution in [0, 0.1) is 0 Å². The number of benzene rings is 2. The molecule has 0 fully saturated rings. The number of ether oxygens (including phenoxy) is 1. The van der Waals surface area contributed by atoms with Crippen molar-refractivity contribution in [1.29, 1.82) is 0 Å². The Morgan fingerprint density at radius 1 is 1.05 bits per heavy atom. The van der Waals surface area contributed by atoms with Gasteiger partial charge in [0.1, 0.15) is 5.75 Å². The molecule has 0 unspecified atom stereocenters. The van der Waals surface area contributed by atoms with Gasteiger partial charge >= 0.3 is 0 Å². The summed E-state index contributed by atoms with van der Waals surface area (Å²) in [6.45, 7) is 3.84. The number of carbonyl (C=O) groups excluding carboxylic acids is 2. The van der Waals surface area contributed by atoms with E-state index in [2.05, 4.69) is 5.32 Å². The third kappa shape index (κ3) is 4.09. The minimum atomic E-state index is -0.538. The number of anilines is 1. The van der Waals surface area contributed by atoms with Crippen molar-refractivity contribution in [1.82, 2.24) is 0 Å². The van der Waals surface area contributed by atoms with Crippen molar-refractivity contribution in [2.24, 2.45) is 5.73 Å². The van der Waals surface area contributed by atoms with Gasteiger partial charge in [0, 0.05) is 16.8 Å². The summed E-state index contributed by atoms with van der Waals surface area (Å²) in [5.74, 6) is -0.187. The van der Waals surface area contributed by atoms with Gasteiger partial charge in [0.05, 0.1) is 6.10 Å². The maximum atomic E-state index is 12.3. The van der Waals surface area contributed by atoms with Crippen LogP contribution in [-0.4, -0.2) is 17.9 Å². The fourth-order valence-electron chi connectivity index (χ4n) is 1.94. The molecule has 0 aromatic heterocycles. The van der Waals surface area contributed by atoms with E-state index in [1.807, 2.05) is 13.8 Å². The Morgan fingerprint density at radius 3 is 2.41 bits per heavy atom. The van der Waals surface area contributed by atoms with Crippen LogP contribution in [0.3, 0.4) is 0 Å². The lowest BCUT2D eigenvalue weighted by molar-refractivity contribution is 0.0996. The maximum absolute atomic E-state index is 12.3. The second-order valence-electron chi connectivity index (χ2n) is 5.09. The lowest BCUT2D eigenvalue weighted by atomic mass is 10.1. The molecule has 5 heteroatoms. The number of primary amides is 1. The Morgan fingerprint density at radius 2 is 1.73 bits per heavy atom. The van der Waals surface area contributed by atoms with Crippen LogP contribution < -0.4 is 15.8 Å². The predicted octanol–water partition coefficient (Wildman–Crippen LogP) is 2.83. The first-order chi connectivity index (χ1) is 10.5. The molecule has 0 heterocycles. The summed E-state index contributed by atoms with van der Waals surface area (Å²) in [4.78, 5) is 23.4. The molecule has 0 aliphatic carbocycles. The summed E-state index contributed by atoms with van der Waals surface area (Å²) in [6.07, 6.45) is 0.0329. The molecule has 2 amide bonds. The summed E-state index contributed by atoms with van der Waals surface area (Å²) in [7, 11) is 0. The predicted molar refractivity (Wildman–Crippen MR) is 85.1 cm³/mol. The summed E-state index contributed by atoms with van der Waals surface area (Å²) in [6, 6.07) is 13.4. The molecule has 5 nitrogen and oxygen atoms in total. The molecule has 0 bridgehead atoms. The number of nitrogens with two attached hydrogens (primary N) is 1. The first kappa shape index (κ1) is 15.6. The van der Waals surface area contributed by atoms with E-state index in [0.29, 0.717) is 22.6 Å². The monoisotopic (exact) mass is 298 g/mol. The quantitative estimate of drug-likeness (QED) is 0.890. The van der Waals surface area contributed by atoms with E-state index in [1.54, 1.807) is 42.5 Å². The zero-order chi connectivity index (χ0) is 16.1. The van der Waals surface area contributed by atoms with E-state index in [9.17, 15) is 9.59 Å². The van der Waals surface area contributed by atoms with Crippen LogP contribution in [0.1, 0.15) is 34.6 Å². The lowest BCUT2D eigenvalue weighted by Crippen LogP contribution is -2.14. The smallest absolute Gasteiger partial charge is 0.255 e. The minimum Gasteiger partial charge on any atom is -0.491 e. The normalized spacial score (nSPS) is 10.3. The molecule has 0 spiro atoms. The molecule has 22 heavy (non-hydrogen) atoms. The third-order valence-corrected chi connectivity index (χ3v) is 2.87. The number of rotatable bonds is 5. The lowest BCUT2D eigenvalue weighted by Gasteiger charge is -2.11. The Kier molecular flexibility index (Phi) is 4.78. The minimum absolute atomic E-state index is 0.0329. The van der Waals surface area contributed by atoms with Crippen LogP contribution in [0.5, 0.6) is 5.75 Å². The van der Waals surface area contributed by atoms with Gasteiger partial charge in [-0.3, -0.25) is 9.59 Å². The van der Waals surface area contributed by atoms with E-state index in [0.717, 1.165) is 0 Å². The SMILES string of the molecule is CC(C)Oc1cccc(C(=O)Nc2cccc(C(N)=O)c2)c1. The summed E-state index contributed by atoms with van der Waals surface area (Å²) in [5.41, 5.74) is 6.55. The largest absolute Gasteiger partial charge is 0.491 e. The van der Waals surface area contributed by atoms with E-state index >= 15 is 0 Å². The van der Waals surface area contributed by atoms with Crippen LogP contribution >= 0.6 is 0 Å². The van der Waals surface area contributed by atoms with Crippen LogP contribution in [0.25, 0.3) is 0 Å². The summed E-state index contributed by atoms with van der Waals surface area (Å²) >= 11 is 0. The number of amides is 2. The van der Waals surface area contributed by atoms with Crippen molar-refractivity contribution in [3.05, 3.63) is 59.7 Å². The molecule has 3 N–H and O–H groups in total. The van der Waals surface area contributed by atoms with Crippen LogP contribution in [-0.2, 0) is 0 Å². The standard InChI is InChI=1S/C17H18N2O3/c1-11(2)22-15-8-4-6-13(10-15)17(21)19-14-7-3-5-12(9-14)16(18)20/h3-11H,1-2H3,(H2,18,20)(H,19,21). The van der Waals surface area contributed by atoms with Gasteiger partial charge in [-0.2, -0.15) is 0 Å². The van der Waals surface area contributed by atoms with Crippen LogP contribution in [0.15, 0.2) is 48.5 Å². The molecule has 0 aliphatic rings. The van der Waals surface area contributed by atoms with E-state index in [1.165, 1.54) is 6.07 Å². The molecular formula is C17H18N2O3. The van der Waals surface area contributed by atoms with Gasteiger partial charge in [-0.05, 0) is 50.2 Å². The molecule has 0 aliphatic heterocycles. The van der Waals surface area contributed by atoms with Crippen molar-refractivity contribution in [2.75, 3.05) is 5.32 Å². The van der Waals surface area contributed by atoms with E-state index < -0.39 is 5.91 Å². The third-order valence-electron chi connectivity index (χ3n) is 2.87. The molecule has 114 valence electrons. The van der Waals surface area contributed by atoms with Crippen LogP contribution in [0.2, 0.25) is 0 Å². The highest BCUT2D eigenvalue weighted by Crippen LogP contribution is 2.17. The van der Waals surface area contributed by atoms with Gasteiger partial charge in [-0.15, -0.1) is 0 Å². The molecule has 2 rings (SSSR count). The topological polar surface area (TPSA) is 81.4 Å². The zero-order valence-corrected chi connectivity index (χ0v) is 12.5. The zero-order valence-electron chi connectivity index (χ0n) is 12.5. The number of hydrogen-bond donors (Lipinski definition) is 2. The summed E-state index contributed by atoms with van der Waals surface area (Å²) in [5, 5.41) is 2.73. The molecule has 0 atom stereocenters. The number of carbonyl (C=O) groups is 2. The van der Waals surface area contributed by atoms with Crippen LogP contribution in [0.4, 0.5) is 5.69 Å². The van der Waals surface area contributed by atoms with Gasteiger partial charge in [0.15, 0.2) is 0 Å². The molecule has 2 aromatic rings. The van der Waals surface area contributed by atoms with Crippen molar-refractivity contribution >= 4 is 17.5 Å². The fourth-order valence-corrected chi connectivity index (χ4v) is 1.94. The molecule has 0 radical (unpaired) electrons. The summed E-state index contributed by atoms with van der Waals surface area (Å²) < 4.78 is 5.56. The van der Waals surface area contributed by atoms with Gasteiger partial charge in [0.25, 0.3) is 5.91 Å². The second kappa shape index (κ2) is 6.76. The van der Waals surface area contributed by atoms with Gasteiger partial charge < -0.3 is 15.8 Å². The maximum Gasteiger partial charge on any atom is 0.255 e. The molecule has 0 saturated heterocycles. The Hall–Kier alpha value is -2.82.